The van der Waals surface area contributed by atoms with Crippen molar-refractivity contribution in [2.75, 3.05) is 0 Å². The van der Waals surface area contributed by atoms with Crippen molar-refractivity contribution in [1.82, 2.24) is 4.90 Å². The van der Waals surface area contributed by atoms with Crippen molar-refractivity contribution in [2.24, 2.45) is 5.73 Å². The zero-order chi connectivity index (χ0) is 12.8. The lowest BCUT2D eigenvalue weighted by Crippen LogP contribution is -2.56. The first kappa shape index (κ1) is 11.9. The lowest BCUT2D eigenvalue weighted by Gasteiger charge is -2.48. The average molecular weight is 256 g/mol. The first-order valence-corrected chi connectivity index (χ1v) is 7.91. The highest BCUT2D eigenvalue weighted by atomic mass is 15.3. The Morgan fingerprint density at radius 2 is 1.63 bits per heavy atom. The molecule has 1 saturated carbocycles. The molecule has 1 aromatic carbocycles. The van der Waals surface area contributed by atoms with Crippen LogP contribution in [0.5, 0.6) is 0 Å². The van der Waals surface area contributed by atoms with E-state index in [9.17, 15) is 0 Å². The maximum atomic E-state index is 6.23. The molecule has 0 aromatic heterocycles. The molecule has 0 radical (unpaired) electrons. The molecule has 0 amide bonds. The van der Waals surface area contributed by atoms with Crippen LogP contribution < -0.4 is 5.73 Å². The van der Waals surface area contributed by atoms with E-state index in [4.69, 9.17) is 5.73 Å². The zero-order valence-corrected chi connectivity index (χ0v) is 11.5. The molecule has 4 unspecified atom stereocenters. The fraction of sp³-hybridized carbons (Fsp3) is 0.647. The Morgan fingerprint density at radius 1 is 0.947 bits per heavy atom. The molecule has 19 heavy (non-hydrogen) atoms. The number of nitrogens with two attached hydrogens (primary N) is 1. The zero-order valence-electron chi connectivity index (χ0n) is 11.5. The average Bonchev–Trinajstić information content (AvgIpc) is 3.19. The summed E-state index contributed by atoms with van der Waals surface area (Å²) in [5.74, 6) is 0.790. The van der Waals surface area contributed by atoms with Crippen LogP contribution in [0.3, 0.4) is 0 Å². The first-order chi connectivity index (χ1) is 9.33. The van der Waals surface area contributed by atoms with Gasteiger partial charge < -0.3 is 5.73 Å². The summed E-state index contributed by atoms with van der Waals surface area (Å²) < 4.78 is 0. The monoisotopic (exact) mass is 256 g/mol. The molecule has 2 nitrogen and oxygen atoms in total. The van der Waals surface area contributed by atoms with Crippen molar-refractivity contribution in [2.45, 2.75) is 68.6 Å². The van der Waals surface area contributed by atoms with Crippen molar-refractivity contribution in [3.63, 3.8) is 0 Å². The van der Waals surface area contributed by atoms with E-state index in [1.807, 2.05) is 0 Å². The van der Waals surface area contributed by atoms with E-state index in [2.05, 4.69) is 35.2 Å². The lowest BCUT2D eigenvalue weighted by atomic mass is 9.82. The molecule has 1 aliphatic carbocycles. The fourth-order valence-corrected chi connectivity index (χ4v) is 4.57. The minimum atomic E-state index is 0.459. The number of hydrogen-bond acceptors (Lipinski definition) is 2. The van der Waals surface area contributed by atoms with Crippen LogP contribution in [0.15, 0.2) is 30.3 Å². The predicted octanol–water partition coefficient (Wildman–Crippen LogP) is 2.89. The Kier molecular flexibility index (Phi) is 2.89. The summed E-state index contributed by atoms with van der Waals surface area (Å²) in [5, 5.41) is 0. The van der Waals surface area contributed by atoms with Crippen LogP contribution in [0.4, 0.5) is 0 Å². The van der Waals surface area contributed by atoms with Gasteiger partial charge in [0.1, 0.15) is 0 Å². The molecule has 0 spiro atoms. The number of nitrogens with zero attached hydrogens (tertiary/aromatic N) is 1. The van der Waals surface area contributed by atoms with Crippen LogP contribution in [0.1, 0.15) is 50.0 Å². The third-order valence-electron chi connectivity index (χ3n) is 5.44. The summed E-state index contributed by atoms with van der Waals surface area (Å²) in [6.45, 7) is 0. The van der Waals surface area contributed by atoms with Gasteiger partial charge in [-0.3, -0.25) is 4.90 Å². The van der Waals surface area contributed by atoms with Crippen molar-refractivity contribution in [3.8, 4) is 0 Å². The van der Waals surface area contributed by atoms with Gasteiger partial charge in [-0.15, -0.1) is 0 Å². The first-order valence-electron chi connectivity index (χ1n) is 7.91. The second-order valence-electron chi connectivity index (χ2n) is 6.74. The molecule has 2 heteroatoms. The van der Waals surface area contributed by atoms with E-state index in [1.54, 1.807) is 5.56 Å². The predicted molar refractivity (Wildman–Crippen MR) is 78.1 cm³/mol. The summed E-state index contributed by atoms with van der Waals surface area (Å²) in [5.41, 5.74) is 7.77. The van der Waals surface area contributed by atoms with Crippen LogP contribution in [0, 0.1) is 0 Å². The largest absolute Gasteiger partial charge is 0.328 e. The SMILES string of the molecule is NC1CC2CCCC(C1)N2C1CC1c1ccccc1. The van der Waals surface area contributed by atoms with Crippen molar-refractivity contribution >= 4 is 0 Å². The second-order valence-corrected chi connectivity index (χ2v) is 6.74. The Bertz CT molecular complexity index is 430. The van der Waals surface area contributed by atoms with Crippen LogP contribution >= 0.6 is 0 Å². The quantitative estimate of drug-likeness (QED) is 0.881. The molecular formula is C17H24N2. The van der Waals surface area contributed by atoms with Crippen LogP contribution in [-0.2, 0) is 0 Å². The molecule has 3 aliphatic rings. The van der Waals surface area contributed by atoms with Gasteiger partial charge in [0.2, 0.25) is 0 Å². The number of fused-ring (bicyclic) bond motifs is 2. The molecule has 4 atom stereocenters. The van der Waals surface area contributed by atoms with E-state index in [1.165, 1.54) is 38.5 Å². The van der Waals surface area contributed by atoms with Crippen molar-refractivity contribution in [1.29, 1.82) is 0 Å². The molecular weight excluding hydrogens is 232 g/mol. The van der Waals surface area contributed by atoms with Gasteiger partial charge in [0.25, 0.3) is 0 Å². The molecule has 2 saturated heterocycles. The maximum absolute atomic E-state index is 6.23. The third-order valence-corrected chi connectivity index (χ3v) is 5.44. The fourth-order valence-electron chi connectivity index (χ4n) is 4.57. The van der Waals surface area contributed by atoms with Crippen LogP contribution in [-0.4, -0.2) is 29.1 Å². The molecule has 102 valence electrons. The molecule has 2 bridgehead atoms. The van der Waals surface area contributed by atoms with Gasteiger partial charge in [0.05, 0.1) is 0 Å². The van der Waals surface area contributed by atoms with Crippen LogP contribution in [0.2, 0.25) is 0 Å². The summed E-state index contributed by atoms with van der Waals surface area (Å²) >= 11 is 0. The molecule has 2 N–H and O–H groups in total. The van der Waals surface area contributed by atoms with Gasteiger partial charge >= 0.3 is 0 Å². The molecule has 1 aromatic rings. The van der Waals surface area contributed by atoms with Gasteiger partial charge in [-0.05, 0) is 37.7 Å². The van der Waals surface area contributed by atoms with E-state index in [0.717, 1.165) is 24.0 Å². The topological polar surface area (TPSA) is 29.3 Å². The van der Waals surface area contributed by atoms with Gasteiger partial charge in [0.15, 0.2) is 0 Å². The summed E-state index contributed by atoms with van der Waals surface area (Å²) in [7, 11) is 0. The standard InChI is InChI=1S/C17H24N2/c18-13-9-14-7-4-8-15(10-13)19(14)17-11-16(17)12-5-2-1-3-6-12/h1-3,5-6,13-17H,4,7-11,18H2. The van der Waals surface area contributed by atoms with Gasteiger partial charge in [-0.25, -0.2) is 0 Å². The summed E-state index contributed by atoms with van der Waals surface area (Å²) in [6.07, 6.45) is 8.00. The number of rotatable bonds is 2. The van der Waals surface area contributed by atoms with Crippen molar-refractivity contribution < 1.29 is 0 Å². The molecule has 2 heterocycles. The van der Waals surface area contributed by atoms with Gasteiger partial charge in [-0.1, -0.05) is 36.8 Å². The Morgan fingerprint density at radius 3 is 2.32 bits per heavy atom. The van der Waals surface area contributed by atoms with E-state index in [-0.39, 0.29) is 0 Å². The number of hydrogen-bond donors (Lipinski definition) is 1. The molecule has 4 rings (SSSR count). The van der Waals surface area contributed by atoms with E-state index in [0.29, 0.717) is 6.04 Å². The Hall–Kier alpha value is -0.860. The third kappa shape index (κ3) is 2.11. The molecule has 3 fully saturated rings. The second kappa shape index (κ2) is 4.60. The number of piperidine rings is 2. The smallest absolute Gasteiger partial charge is 0.0177 e. The Labute approximate surface area is 116 Å². The highest BCUT2D eigenvalue weighted by Gasteiger charge is 2.50. The number of benzene rings is 1. The van der Waals surface area contributed by atoms with Gasteiger partial charge in [0, 0.05) is 30.1 Å². The van der Waals surface area contributed by atoms with E-state index >= 15 is 0 Å². The Balaban J connectivity index is 1.52. The van der Waals surface area contributed by atoms with E-state index < -0.39 is 0 Å². The minimum absolute atomic E-state index is 0.459. The summed E-state index contributed by atoms with van der Waals surface area (Å²) in [6, 6.07) is 13.9. The lowest BCUT2D eigenvalue weighted by molar-refractivity contribution is 0.0226. The highest BCUT2D eigenvalue weighted by Crippen LogP contribution is 2.50. The molecule has 2 aliphatic heterocycles. The highest BCUT2D eigenvalue weighted by molar-refractivity contribution is 5.28. The van der Waals surface area contributed by atoms with Crippen LogP contribution in [0.25, 0.3) is 0 Å². The normalized spacial score (nSPS) is 42.1. The maximum Gasteiger partial charge on any atom is 0.0177 e. The van der Waals surface area contributed by atoms with Crippen molar-refractivity contribution in [3.05, 3.63) is 35.9 Å². The minimum Gasteiger partial charge on any atom is -0.328 e. The summed E-state index contributed by atoms with van der Waals surface area (Å²) in [4.78, 5) is 2.87. The van der Waals surface area contributed by atoms with Gasteiger partial charge in [-0.2, -0.15) is 0 Å².